The number of hydrogen-bond donors (Lipinski definition) is 0. The van der Waals surface area contributed by atoms with Crippen LogP contribution in [-0.4, -0.2) is 23.5 Å². The van der Waals surface area contributed by atoms with Crippen LogP contribution in [0.25, 0.3) is 11.4 Å². The molecule has 2 aromatic carbocycles. The Morgan fingerprint density at radius 1 is 1.17 bits per heavy atom. The van der Waals surface area contributed by atoms with E-state index < -0.39 is 0 Å². The van der Waals surface area contributed by atoms with Gasteiger partial charge in [0.15, 0.2) is 18.1 Å². The number of benzene rings is 2. The highest BCUT2D eigenvalue weighted by Gasteiger charge is 2.12. The molecule has 1 aromatic heterocycles. The summed E-state index contributed by atoms with van der Waals surface area (Å²) in [5.74, 6) is 1.85. The van der Waals surface area contributed by atoms with Crippen LogP contribution in [0.4, 0.5) is 0 Å². The zero-order chi connectivity index (χ0) is 16.9. The van der Waals surface area contributed by atoms with E-state index in [2.05, 4.69) is 10.1 Å². The van der Waals surface area contributed by atoms with Crippen LogP contribution in [-0.2, 0) is 6.61 Å². The van der Waals surface area contributed by atoms with E-state index in [1.807, 2.05) is 31.2 Å². The fourth-order valence-corrected chi connectivity index (χ4v) is 2.26. The van der Waals surface area contributed by atoms with Crippen LogP contribution >= 0.6 is 0 Å². The lowest BCUT2D eigenvalue weighted by Crippen LogP contribution is -1.98. The Bertz CT molecular complexity index is 858. The van der Waals surface area contributed by atoms with Crippen molar-refractivity contribution in [2.75, 3.05) is 7.11 Å². The molecule has 0 saturated carbocycles. The van der Waals surface area contributed by atoms with Crippen LogP contribution in [0.5, 0.6) is 11.5 Å². The van der Waals surface area contributed by atoms with Crippen LogP contribution in [0.2, 0.25) is 0 Å². The molecule has 0 unspecified atom stereocenters. The molecule has 0 bridgehead atoms. The minimum absolute atomic E-state index is 0.107. The summed E-state index contributed by atoms with van der Waals surface area (Å²) in [5, 5.41) is 3.99. The van der Waals surface area contributed by atoms with Gasteiger partial charge in [0, 0.05) is 11.1 Å². The summed E-state index contributed by atoms with van der Waals surface area (Å²) in [6.07, 6.45) is 0.749. The minimum Gasteiger partial charge on any atom is -0.493 e. The van der Waals surface area contributed by atoms with Crippen LogP contribution in [0.3, 0.4) is 0 Å². The lowest BCUT2D eigenvalue weighted by Gasteiger charge is -2.09. The van der Waals surface area contributed by atoms with Crippen LogP contribution < -0.4 is 9.47 Å². The van der Waals surface area contributed by atoms with Gasteiger partial charge in [-0.15, -0.1) is 0 Å². The van der Waals surface area contributed by atoms with Crippen molar-refractivity contribution in [2.24, 2.45) is 0 Å². The first-order valence-corrected chi connectivity index (χ1v) is 7.36. The molecule has 0 spiro atoms. The van der Waals surface area contributed by atoms with E-state index in [-0.39, 0.29) is 6.61 Å². The molecule has 0 aliphatic carbocycles. The summed E-state index contributed by atoms with van der Waals surface area (Å²) in [4.78, 5) is 15.1. The van der Waals surface area contributed by atoms with E-state index in [0.29, 0.717) is 28.8 Å². The Kier molecular flexibility index (Phi) is 4.56. The Balaban J connectivity index is 1.74. The van der Waals surface area contributed by atoms with E-state index >= 15 is 0 Å². The number of rotatable bonds is 6. The van der Waals surface area contributed by atoms with Gasteiger partial charge in [-0.1, -0.05) is 29.4 Å². The quantitative estimate of drug-likeness (QED) is 0.647. The number of ether oxygens (including phenoxy) is 2. The lowest BCUT2D eigenvalue weighted by atomic mass is 10.1. The molecule has 1 heterocycles. The maximum Gasteiger partial charge on any atom is 0.264 e. The van der Waals surface area contributed by atoms with E-state index in [1.165, 1.54) is 7.11 Å². The van der Waals surface area contributed by atoms with Crippen molar-refractivity contribution < 1.29 is 18.8 Å². The highest BCUT2D eigenvalue weighted by atomic mass is 16.5. The Morgan fingerprint density at radius 2 is 2.00 bits per heavy atom. The molecule has 6 nitrogen and oxygen atoms in total. The second-order valence-electron chi connectivity index (χ2n) is 5.14. The molecular formula is C18H16N2O4. The Morgan fingerprint density at radius 3 is 2.75 bits per heavy atom. The van der Waals surface area contributed by atoms with Gasteiger partial charge >= 0.3 is 0 Å². The molecule has 0 aliphatic heterocycles. The van der Waals surface area contributed by atoms with Crippen molar-refractivity contribution in [3.8, 4) is 22.9 Å². The molecule has 0 radical (unpaired) electrons. The number of aryl methyl sites for hydroxylation is 1. The molecule has 0 saturated heterocycles. The lowest BCUT2D eigenvalue weighted by molar-refractivity contribution is 0.112. The van der Waals surface area contributed by atoms with Gasteiger partial charge in [-0.2, -0.15) is 4.98 Å². The maximum absolute atomic E-state index is 10.8. The normalized spacial score (nSPS) is 10.4. The summed E-state index contributed by atoms with van der Waals surface area (Å²) < 4.78 is 16.1. The number of carbonyl (C=O) groups is 1. The van der Waals surface area contributed by atoms with Crippen molar-refractivity contribution in [1.29, 1.82) is 0 Å². The number of hydrogen-bond acceptors (Lipinski definition) is 6. The molecule has 122 valence electrons. The van der Waals surface area contributed by atoms with Crippen LogP contribution in [0, 0.1) is 6.92 Å². The molecule has 6 heteroatoms. The molecular weight excluding hydrogens is 308 g/mol. The van der Waals surface area contributed by atoms with Gasteiger partial charge in [-0.25, -0.2) is 0 Å². The molecule has 0 N–H and O–H groups in total. The number of methoxy groups -OCH3 is 1. The van der Waals surface area contributed by atoms with Crippen molar-refractivity contribution in [3.63, 3.8) is 0 Å². The van der Waals surface area contributed by atoms with Crippen LogP contribution in [0.15, 0.2) is 47.0 Å². The van der Waals surface area contributed by atoms with Gasteiger partial charge in [0.2, 0.25) is 5.82 Å². The van der Waals surface area contributed by atoms with Crippen LogP contribution in [0.1, 0.15) is 21.8 Å². The van der Waals surface area contributed by atoms with Gasteiger partial charge in [-0.3, -0.25) is 4.79 Å². The summed E-state index contributed by atoms with van der Waals surface area (Å²) >= 11 is 0. The average molecular weight is 324 g/mol. The largest absolute Gasteiger partial charge is 0.493 e. The summed E-state index contributed by atoms with van der Waals surface area (Å²) in [7, 11) is 1.51. The topological polar surface area (TPSA) is 74.5 Å². The third-order valence-electron chi connectivity index (χ3n) is 3.53. The zero-order valence-electron chi connectivity index (χ0n) is 13.4. The van der Waals surface area contributed by atoms with Gasteiger partial charge in [0.25, 0.3) is 5.89 Å². The smallest absolute Gasteiger partial charge is 0.264 e. The number of aldehydes is 1. The number of aromatic nitrogens is 2. The predicted molar refractivity (Wildman–Crippen MR) is 87.2 cm³/mol. The molecule has 3 rings (SSSR count). The van der Waals surface area contributed by atoms with Crippen molar-refractivity contribution in [1.82, 2.24) is 10.1 Å². The van der Waals surface area contributed by atoms with Crippen molar-refractivity contribution >= 4 is 6.29 Å². The first-order valence-electron chi connectivity index (χ1n) is 7.36. The van der Waals surface area contributed by atoms with E-state index in [9.17, 15) is 4.79 Å². The minimum atomic E-state index is 0.107. The molecule has 3 aromatic rings. The summed E-state index contributed by atoms with van der Waals surface area (Å²) in [6.45, 7) is 2.09. The monoisotopic (exact) mass is 324 g/mol. The van der Waals surface area contributed by atoms with Crippen molar-refractivity contribution in [2.45, 2.75) is 13.5 Å². The Labute approximate surface area is 139 Å². The zero-order valence-corrected chi connectivity index (χ0v) is 13.4. The maximum atomic E-state index is 10.8. The molecule has 24 heavy (non-hydrogen) atoms. The second-order valence-corrected chi connectivity index (χ2v) is 5.14. The number of nitrogens with zero attached hydrogens (tertiary/aromatic N) is 2. The highest BCUT2D eigenvalue weighted by molar-refractivity contribution is 5.76. The fraction of sp³-hybridized carbons (Fsp3) is 0.167. The second kappa shape index (κ2) is 6.95. The Hall–Kier alpha value is -3.15. The van der Waals surface area contributed by atoms with E-state index in [4.69, 9.17) is 14.0 Å². The summed E-state index contributed by atoms with van der Waals surface area (Å²) in [6, 6.07) is 12.7. The van der Waals surface area contributed by atoms with Gasteiger partial charge in [0.05, 0.1) is 7.11 Å². The first kappa shape index (κ1) is 15.7. The van der Waals surface area contributed by atoms with Crippen molar-refractivity contribution in [3.05, 3.63) is 59.5 Å². The van der Waals surface area contributed by atoms with Gasteiger partial charge in [0.1, 0.15) is 6.29 Å². The first-order chi connectivity index (χ1) is 11.7. The predicted octanol–water partition coefficient (Wildman–Crippen LogP) is 3.45. The van der Waals surface area contributed by atoms with Gasteiger partial charge < -0.3 is 14.0 Å². The third-order valence-corrected chi connectivity index (χ3v) is 3.53. The fourth-order valence-electron chi connectivity index (χ4n) is 2.26. The summed E-state index contributed by atoms with van der Waals surface area (Å²) in [5.41, 5.74) is 2.50. The molecule has 0 amide bonds. The average Bonchev–Trinajstić information content (AvgIpc) is 3.09. The molecule has 0 aliphatic rings. The van der Waals surface area contributed by atoms with E-state index in [0.717, 1.165) is 17.4 Å². The van der Waals surface area contributed by atoms with E-state index in [1.54, 1.807) is 18.2 Å². The SMILES string of the molecule is COc1cc(C=O)ccc1OCc1nc(-c2ccccc2C)no1. The van der Waals surface area contributed by atoms with Gasteiger partial charge in [-0.05, 0) is 30.7 Å². The standard InChI is InChI=1S/C18H16N2O4/c1-12-5-3-4-6-14(12)18-19-17(24-20-18)11-23-15-8-7-13(10-21)9-16(15)22-2/h3-10H,11H2,1-2H3. The molecule has 0 atom stereocenters. The molecule has 0 fully saturated rings. The third kappa shape index (κ3) is 3.27. The number of carbonyl (C=O) groups excluding carboxylic acids is 1. The highest BCUT2D eigenvalue weighted by Crippen LogP contribution is 2.28.